The first-order valence-electron chi connectivity index (χ1n) is 7.56. The Bertz CT molecular complexity index is 526. The number of hydrogen-bond donors (Lipinski definition) is 1. The molecule has 2 nitrogen and oxygen atoms in total. The van der Waals surface area contributed by atoms with Crippen molar-refractivity contribution < 1.29 is 4.74 Å². The summed E-state index contributed by atoms with van der Waals surface area (Å²) in [5.41, 5.74) is 0. The lowest BCUT2D eigenvalue weighted by molar-refractivity contribution is 0.0547. The number of hydrogen-bond acceptors (Lipinski definition) is 3. The maximum Gasteiger partial charge on any atom is 0.0469 e. The largest absolute Gasteiger partial charge is 0.381 e. The molecule has 2 atom stereocenters. The van der Waals surface area contributed by atoms with E-state index >= 15 is 0 Å². The van der Waals surface area contributed by atoms with Gasteiger partial charge in [0.1, 0.15) is 0 Å². The van der Waals surface area contributed by atoms with Crippen LogP contribution in [0.1, 0.15) is 37.6 Å². The molecule has 0 aliphatic carbocycles. The summed E-state index contributed by atoms with van der Waals surface area (Å²) >= 11 is 1.91. The molecule has 0 radical (unpaired) electrons. The van der Waals surface area contributed by atoms with Gasteiger partial charge in [-0.05, 0) is 50.1 Å². The van der Waals surface area contributed by atoms with Crippen molar-refractivity contribution in [3.05, 3.63) is 35.2 Å². The van der Waals surface area contributed by atoms with Crippen LogP contribution in [0.3, 0.4) is 0 Å². The van der Waals surface area contributed by atoms with Crippen molar-refractivity contribution >= 4 is 21.4 Å². The van der Waals surface area contributed by atoms with Crippen LogP contribution >= 0.6 is 11.3 Å². The Kier molecular flexibility index (Phi) is 4.39. The smallest absolute Gasteiger partial charge is 0.0469 e. The summed E-state index contributed by atoms with van der Waals surface area (Å²) in [6.45, 7) is 6.45. The molecule has 3 rings (SSSR count). The monoisotopic (exact) mass is 289 g/mol. The molecule has 1 aromatic heterocycles. The van der Waals surface area contributed by atoms with Gasteiger partial charge in [-0.3, -0.25) is 0 Å². The zero-order valence-electron chi connectivity index (χ0n) is 12.3. The maximum atomic E-state index is 5.45. The summed E-state index contributed by atoms with van der Waals surface area (Å²) in [5, 5.41) is 5.14. The normalized spacial score (nSPS) is 20.1. The molecule has 1 saturated heterocycles. The molecule has 2 aromatic rings. The van der Waals surface area contributed by atoms with Crippen LogP contribution in [0.4, 0.5) is 0 Å². The van der Waals surface area contributed by atoms with Gasteiger partial charge >= 0.3 is 0 Å². The first kappa shape index (κ1) is 14.1. The van der Waals surface area contributed by atoms with E-state index in [9.17, 15) is 0 Å². The molecule has 2 heterocycles. The van der Waals surface area contributed by atoms with Crippen molar-refractivity contribution in [1.82, 2.24) is 5.32 Å². The molecular weight excluding hydrogens is 266 g/mol. The summed E-state index contributed by atoms with van der Waals surface area (Å²) in [6, 6.07) is 11.9. The van der Waals surface area contributed by atoms with Gasteiger partial charge in [0.25, 0.3) is 0 Å². The van der Waals surface area contributed by atoms with Crippen LogP contribution < -0.4 is 5.32 Å². The number of thiophene rings is 1. The fourth-order valence-electron chi connectivity index (χ4n) is 3.04. The van der Waals surface area contributed by atoms with E-state index in [4.69, 9.17) is 4.74 Å². The Morgan fingerprint density at radius 2 is 1.95 bits per heavy atom. The minimum atomic E-state index is 0.422. The Labute approximate surface area is 125 Å². The molecular formula is C17H23NOS. The zero-order chi connectivity index (χ0) is 13.9. The van der Waals surface area contributed by atoms with Crippen molar-refractivity contribution in [2.24, 2.45) is 5.92 Å². The fourth-order valence-corrected chi connectivity index (χ4v) is 4.12. The molecule has 0 saturated carbocycles. The Hall–Kier alpha value is -0.900. The first-order chi connectivity index (χ1) is 9.74. The van der Waals surface area contributed by atoms with Crippen LogP contribution in [-0.2, 0) is 4.74 Å². The van der Waals surface area contributed by atoms with Gasteiger partial charge in [0.05, 0.1) is 0 Å². The van der Waals surface area contributed by atoms with Crippen molar-refractivity contribution in [3.63, 3.8) is 0 Å². The van der Waals surface area contributed by atoms with Crippen LogP contribution in [0, 0.1) is 5.92 Å². The summed E-state index contributed by atoms with van der Waals surface area (Å²) in [4.78, 5) is 1.44. The van der Waals surface area contributed by atoms with E-state index in [-0.39, 0.29) is 0 Å². The molecule has 1 N–H and O–H groups in total. The minimum Gasteiger partial charge on any atom is -0.381 e. The highest BCUT2D eigenvalue weighted by Crippen LogP contribution is 2.30. The summed E-state index contributed by atoms with van der Waals surface area (Å²) in [6.07, 6.45) is 2.38. The van der Waals surface area contributed by atoms with Crippen molar-refractivity contribution in [2.45, 2.75) is 38.8 Å². The first-order valence-corrected chi connectivity index (χ1v) is 8.38. The summed E-state index contributed by atoms with van der Waals surface area (Å²) < 4.78 is 6.84. The van der Waals surface area contributed by atoms with E-state index in [0.29, 0.717) is 12.1 Å². The van der Waals surface area contributed by atoms with E-state index in [1.54, 1.807) is 0 Å². The average molecular weight is 289 g/mol. The predicted octanol–water partition coefficient (Wildman–Crippen LogP) is 4.37. The third-order valence-electron chi connectivity index (χ3n) is 4.36. The highest BCUT2D eigenvalue weighted by atomic mass is 32.1. The van der Waals surface area contributed by atoms with Crippen LogP contribution in [0.5, 0.6) is 0 Å². The lowest BCUT2D eigenvalue weighted by atomic mass is 9.92. The molecule has 0 amide bonds. The zero-order valence-corrected chi connectivity index (χ0v) is 13.1. The maximum absolute atomic E-state index is 5.45. The topological polar surface area (TPSA) is 21.3 Å². The minimum absolute atomic E-state index is 0.422. The molecule has 0 bridgehead atoms. The molecule has 1 aliphatic heterocycles. The Morgan fingerprint density at radius 1 is 1.20 bits per heavy atom. The van der Waals surface area contributed by atoms with E-state index < -0.39 is 0 Å². The van der Waals surface area contributed by atoms with Crippen LogP contribution in [0.2, 0.25) is 0 Å². The second kappa shape index (κ2) is 6.25. The third kappa shape index (κ3) is 3.05. The second-order valence-corrected chi connectivity index (χ2v) is 6.93. The van der Waals surface area contributed by atoms with E-state index in [2.05, 4.69) is 49.5 Å². The Morgan fingerprint density at radius 3 is 2.70 bits per heavy atom. The second-order valence-electron chi connectivity index (χ2n) is 5.81. The molecule has 20 heavy (non-hydrogen) atoms. The Balaban J connectivity index is 1.67. The van der Waals surface area contributed by atoms with Gasteiger partial charge in [-0.1, -0.05) is 18.2 Å². The lowest BCUT2D eigenvalue weighted by Crippen LogP contribution is -2.37. The number of nitrogens with one attached hydrogen (secondary N) is 1. The van der Waals surface area contributed by atoms with Crippen LogP contribution in [-0.4, -0.2) is 19.3 Å². The van der Waals surface area contributed by atoms with Crippen molar-refractivity contribution in [2.75, 3.05) is 13.2 Å². The van der Waals surface area contributed by atoms with Crippen molar-refractivity contribution in [1.29, 1.82) is 0 Å². The van der Waals surface area contributed by atoms with Crippen molar-refractivity contribution in [3.8, 4) is 0 Å². The van der Waals surface area contributed by atoms with Crippen LogP contribution in [0.25, 0.3) is 10.1 Å². The average Bonchev–Trinajstić information content (AvgIpc) is 2.92. The molecule has 1 fully saturated rings. The molecule has 108 valence electrons. The molecule has 2 unspecified atom stereocenters. The van der Waals surface area contributed by atoms with Gasteiger partial charge in [0, 0.05) is 34.9 Å². The number of ether oxygens (including phenoxy) is 1. The molecule has 1 aliphatic rings. The number of rotatable bonds is 4. The van der Waals surface area contributed by atoms with E-state index in [0.717, 1.165) is 19.1 Å². The predicted molar refractivity (Wildman–Crippen MR) is 86.4 cm³/mol. The van der Waals surface area contributed by atoms with E-state index in [1.165, 1.54) is 27.8 Å². The van der Waals surface area contributed by atoms with Gasteiger partial charge in [-0.15, -0.1) is 11.3 Å². The highest BCUT2D eigenvalue weighted by molar-refractivity contribution is 7.19. The standard InChI is InChI=1S/C17H23NOS/c1-12(14-7-9-19-10-8-14)18-13(2)17-11-15-5-3-4-6-16(15)20-17/h3-6,11-14,18H,7-10H2,1-2H3. The van der Waals surface area contributed by atoms with Gasteiger partial charge in [0.15, 0.2) is 0 Å². The quantitative estimate of drug-likeness (QED) is 0.902. The van der Waals surface area contributed by atoms with Gasteiger partial charge in [0.2, 0.25) is 0 Å². The number of fused-ring (bicyclic) bond motifs is 1. The summed E-state index contributed by atoms with van der Waals surface area (Å²) in [5.74, 6) is 0.751. The van der Waals surface area contributed by atoms with E-state index in [1.807, 2.05) is 11.3 Å². The fraction of sp³-hybridized carbons (Fsp3) is 0.529. The lowest BCUT2D eigenvalue weighted by Gasteiger charge is -2.30. The SMILES string of the molecule is CC(NC(C)C1CCOCC1)c1cc2ccccc2s1. The molecule has 3 heteroatoms. The van der Waals surface area contributed by atoms with Gasteiger partial charge < -0.3 is 10.1 Å². The molecule has 1 aromatic carbocycles. The summed E-state index contributed by atoms with van der Waals surface area (Å²) in [7, 11) is 0. The van der Waals surface area contributed by atoms with Gasteiger partial charge in [-0.2, -0.15) is 0 Å². The third-order valence-corrected chi connectivity index (χ3v) is 5.66. The molecule has 0 spiro atoms. The van der Waals surface area contributed by atoms with Crippen LogP contribution in [0.15, 0.2) is 30.3 Å². The van der Waals surface area contributed by atoms with Gasteiger partial charge in [-0.25, -0.2) is 0 Å². The highest BCUT2D eigenvalue weighted by Gasteiger charge is 2.22. The number of benzene rings is 1.